The number of carbonyl (C=O) groups is 2. The smallest absolute Gasteiger partial charge is 0.422 e. The molecule has 15 heteroatoms. The lowest BCUT2D eigenvalue weighted by Crippen LogP contribution is -2.41. The van der Waals surface area contributed by atoms with E-state index in [4.69, 9.17) is 16.3 Å². The zero-order valence-corrected chi connectivity index (χ0v) is 26.7. The van der Waals surface area contributed by atoms with Gasteiger partial charge in [-0.25, -0.2) is 9.78 Å². The Labute approximate surface area is 279 Å². The third kappa shape index (κ3) is 6.98. The van der Waals surface area contributed by atoms with Crippen LogP contribution in [0.2, 0.25) is 5.02 Å². The Morgan fingerprint density at radius 1 is 1.00 bits per heavy atom. The van der Waals surface area contributed by atoms with Crippen LogP contribution in [0.5, 0.6) is 5.75 Å². The molecule has 1 N–H and O–H groups in total. The predicted octanol–water partition coefficient (Wildman–Crippen LogP) is 5.77. The highest BCUT2D eigenvalue weighted by Gasteiger charge is 2.32. The average molecular weight is 730 g/mol. The van der Waals surface area contributed by atoms with Crippen LogP contribution in [0.3, 0.4) is 0 Å². The van der Waals surface area contributed by atoms with Gasteiger partial charge in [0.1, 0.15) is 11.4 Å². The van der Waals surface area contributed by atoms with Crippen LogP contribution in [0.15, 0.2) is 94.7 Å². The van der Waals surface area contributed by atoms with Gasteiger partial charge in [0.25, 0.3) is 11.8 Å². The molecule has 0 bridgehead atoms. The van der Waals surface area contributed by atoms with Gasteiger partial charge in [0.2, 0.25) is 0 Å². The Bertz CT molecular complexity index is 1990. The number of fused-ring (bicyclic) bond motifs is 1. The summed E-state index contributed by atoms with van der Waals surface area (Å²) in [5, 5.41) is 3.23. The molecule has 5 aromatic rings. The van der Waals surface area contributed by atoms with Crippen molar-refractivity contribution in [1.82, 2.24) is 28.9 Å². The van der Waals surface area contributed by atoms with Gasteiger partial charge in [-0.1, -0.05) is 23.7 Å². The molecule has 1 aliphatic rings. The summed E-state index contributed by atoms with van der Waals surface area (Å²) in [4.78, 5) is 46.7. The molecule has 6 rings (SSSR count). The Balaban J connectivity index is 1.31. The van der Waals surface area contributed by atoms with Gasteiger partial charge in [0, 0.05) is 47.8 Å². The second-order valence-corrected chi connectivity index (χ2v) is 11.9. The number of nitrogens with one attached hydrogen (secondary N) is 1. The van der Waals surface area contributed by atoms with Crippen LogP contribution in [0, 0.1) is 0 Å². The second-order valence-electron chi connectivity index (χ2n) is 10.6. The number of hydrogen-bond acceptors (Lipinski definition) is 5. The van der Waals surface area contributed by atoms with Gasteiger partial charge in [-0.2, -0.15) is 13.2 Å². The van der Waals surface area contributed by atoms with Crippen LogP contribution < -0.4 is 15.7 Å². The molecule has 0 aliphatic carbocycles. The van der Waals surface area contributed by atoms with Gasteiger partial charge in [-0.15, -0.1) is 0 Å². The molecule has 0 spiro atoms. The van der Waals surface area contributed by atoms with Crippen molar-refractivity contribution in [2.24, 2.45) is 0 Å². The van der Waals surface area contributed by atoms with Gasteiger partial charge in [-0.3, -0.25) is 18.7 Å². The molecule has 242 valence electrons. The topological polar surface area (TPSA) is 103 Å². The monoisotopic (exact) mass is 728 g/mol. The number of aromatic nitrogens is 4. The van der Waals surface area contributed by atoms with E-state index in [-0.39, 0.29) is 49.2 Å². The summed E-state index contributed by atoms with van der Waals surface area (Å²) in [6.07, 6.45) is 0.617. The van der Waals surface area contributed by atoms with E-state index in [0.29, 0.717) is 20.8 Å². The fourth-order valence-corrected chi connectivity index (χ4v) is 5.66. The normalized spacial score (nSPS) is 12.9. The van der Waals surface area contributed by atoms with Gasteiger partial charge >= 0.3 is 11.9 Å². The van der Waals surface area contributed by atoms with Gasteiger partial charge in [-0.05, 0) is 76.1 Å². The highest BCUT2D eigenvalue weighted by Crippen LogP contribution is 2.27. The van der Waals surface area contributed by atoms with E-state index < -0.39 is 24.4 Å². The quantitative estimate of drug-likeness (QED) is 0.219. The molecule has 0 atom stereocenters. The number of carbonyl (C=O) groups excluding carboxylic acids is 2. The minimum atomic E-state index is -4.52. The third-order valence-electron chi connectivity index (χ3n) is 7.54. The summed E-state index contributed by atoms with van der Waals surface area (Å²) in [7, 11) is 0. The van der Waals surface area contributed by atoms with Crippen LogP contribution >= 0.6 is 27.5 Å². The number of hydrogen-bond donors (Lipinski definition) is 1. The lowest BCUT2D eigenvalue weighted by atomic mass is 10.1. The summed E-state index contributed by atoms with van der Waals surface area (Å²) < 4.78 is 47.9. The lowest BCUT2D eigenvalue weighted by Gasteiger charge is -2.28. The first-order valence-corrected chi connectivity index (χ1v) is 15.4. The number of amides is 2. The first-order chi connectivity index (χ1) is 22.5. The van der Waals surface area contributed by atoms with Crippen LogP contribution in [0.25, 0.3) is 11.4 Å². The molecular weight excluding hydrogens is 705 g/mol. The number of halogens is 5. The molecule has 1 aliphatic heterocycles. The molecule has 0 unspecified atom stereocenters. The Kier molecular flexibility index (Phi) is 8.97. The number of imidazole rings is 2. The maximum atomic E-state index is 13.9. The fourth-order valence-electron chi connectivity index (χ4n) is 5.24. The highest BCUT2D eigenvalue weighted by molar-refractivity contribution is 9.10. The van der Waals surface area contributed by atoms with Gasteiger partial charge in [0.05, 0.1) is 29.3 Å². The zero-order valence-electron chi connectivity index (χ0n) is 24.4. The minimum absolute atomic E-state index is 0.000309. The maximum absolute atomic E-state index is 13.9. The largest absolute Gasteiger partial charge is 0.484 e. The van der Waals surface area contributed by atoms with E-state index >= 15 is 0 Å². The fraction of sp³-hybridized carbons (Fsp3) is 0.188. The number of ether oxygens (including phenoxy) is 1. The molecule has 2 aromatic heterocycles. The number of nitrogens with zero attached hydrogens (tertiary/aromatic N) is 5. The standard InChI is InChI=1S/C32H25BrClF3N6O4/c33-25-10-3-21(15-26(25)34)30(45)40-13-14-42-27(17-40)28(29(44)39-16-20-1-4-22(5-2-20)41-12-11-38-19-41)43(31(42)46)23-6-8-24(9-7-23)47-18-32(35,36)37/h1-12,15,19H,13-14,16-18H2,(H,39,44). The van der Waals surface area contributed by atoms with Crippen molar-refractivity contribution < 1.29 is 27.5 Å². The van der Waals surface area contributed by atoms with E-state index in [1.165, 1.54) is 44.4 Å². The van der Waals surface area contributed by atoms with Crippen LogP contribution in [-0.2, 0) is 19.6 Å². The molecule has 0 saturated heterocycles. The number of alkyl halides is 3. The summed E-state index contributed by atoms with van der Waals surface area (Å²) in [6.45, 7) is -1.09. The van der Waals surface area contributed by atoms with Crippen molar-refractivity contribution in [2.45, 2.75) is 25.8 Å². The van der Waals surface area contributed by atoms with E-state index in [9.17, 15) is 27.6 Å². The molecule has 10 nitrogen and oxygen atoms in total. The first-order valence-electron chi connectivity index (χ1n) is 14.2. The third-order valence-corrected chi connectivity index (χ3v) is 8.77. The Hall–Kier alpha value is -4.82. The predicted molar refractivity (Wildman–Crippen MR) is 170 cm³/mol. The van der Waals surface area contributed by atoms with Crippen molar-refractivity contribution in [3.63, 3.8) is 0 Å². The highest BCUT2D eigenvalue weighted by atomic mass is 79.9. The summed E-state index contributed by atoms with van der Waals surface area (Å²) in [5.74, 6) is -0.965. The lowest BCUT2D eigenvalue weighted by molar-refractivity contribution is -0.153. The second kappa shape index (κ2) is 13.1. The number of rotatable bonds is 8. The molecule has 47 heavy (non-hydrogen) atoms. The summed E-state index contributed by atoms with van der Waals surface area (Å²) >= 11 is 9.54. The van der Waals surface area contributed by atoms with Gasteiger partial charge < -0.3 is 19.5 Å². The molecule has 0 radical (unpaired) electrons. The molecule has 2 amide bonds. The van der Waals surface area contributed by atoms with Crippen molar-refractivity contribution in [1.29, 1.82) is 0 Å². The van der Waals surface area contributed by atoms with Crippen molar-refractivity contribution in [2.75, 3.05) is 13.2 Å². The van der Waals surface area contributed by atoms with Crippen molar-refractivity contribution >= 4 is 39.3 Å². The van der Waals surface area contributed by atoms with Gasteiger partial charge in [0.15, 0.2) is 6.61 Å². The van der Waals surface area contributed by atoms with Crippen molar-refractivity contribution in [3.05, 3.63) is 128 Å². The Morgan fingerprint density at radius 2 is 1.72 bits per heavy atom. The van der Waals surface area contributed by atoms with E-state index in [1.54, 1.807) is 30.9 Å². The van der Waals surface area contributed by atoms with E-state index in [1.807, 2.05) is 28.8 Å². The van der Waals surface area contributed by atoms with E-state index in [2.05, 4.69) is 26.2 Å². The molecular formula is C32H25BrClF3N6O4. The van der Waals surface area contributed by atoms with Crippen LogP contribution in [0.4, 0.5) is 13.2 Å². The summed E-state index contributed by atoms with van der Waals surface area (Å²) in [5.41, 5.74) is 2.03. The molecule has 0 saturated carbocycles. The first kappa shape index (κ1) is 32.1. The molecule has 0 fully saturated rings. The summed E-state index contributed by atoms with van der Waals surface area (Å²) in [6, 6.07) is 17.7. The molecule has 3 heterocycles. The zero-order chi connectivity index (χ0) is 33.3. The Morgan fingerprint density at radius 3 is 2.38 bits per heavy atom. The minimum Gasteiger partial charge on any atom is -0.484 e. The van der Waals surface area contributed by atoms with E-state index in [0.717, 1.165) is 11.3 Å². The van der Waals surface area contributed by atoms with Crippen LogP contribution in [0.1, 0.15) is 32.1 Å². The maximum Gasteiger partial charge on any atom is 0.422 e. The van der Waals surface area contributed by atoms with Crippen molar-refractivity contribution in [3.8, 4) is 17.1 Å². The SMILES string of the molecule is O=C(NCc1ccc(-n2ccnc2)cc1)c1c2n(c(=O)n1-c1ccc(OCC(F)(F)F)cc1)CCN(C(=O)c1ccc(Br)c(Cl)c1)C2. The van der Waals surface area contributed by atoms with Crippen LogP contribution in [-0.4, -0.2) is 54.7 Å². The average Bonchev–Trinajstić information content (AvgIpc) is 3.70. The number of benzene rings is 3. The molecule has 3 aromatic carbocycles.